The predicted molar refractivity (Wildman–Crippen MR) is 79.1 cm³/mol. The van der Waals surface area contributed by atoms with Gasteiger partial charge in [-0.25, -0.2) is 14.0 Å². The highest BCUT2D eigenvalue weighted by Crippen LogP contribution is 2.60. The van der Waals surface area contributed by atoms with Gasteiger partial charge in [0.2, 0.25) is 6.79 Å². The van der Waals surface area contributed by atoms with Crippen molar-refractivity contribution in [2.75, 3.05) is 13.4 Å². The number of carbonyl (C=O) groups excluding carboxylic acids is 3. The van der Waals surface area contributed by atoms with E-state index in [9.17, 15) is 23.8 Å². The molecule has 0 spiro atoms. The normalized spacial score (nSPS) is 19.9. The average molecular weight is 352 g/mol. The number of ether oxygens (including phenoxy) is 3. The molecule has 0 bridgehead atoms. The SMILES string of the molecule is CC(=O)OCC(=O)OCOC(=O)c1c(F)ccc2c1OB(O)[C@@H]1C[C@H]21. The number of halogens is 1. The first kappa shape index (κ1) is 17.2. The predicted octanol–water partition coefficient (Wildman–Crippen LogP) is 0.777. The summed E-state index contributed by atoms with van der Waals surface area (Å²) < 4.78 is 33.0. The molecular formula is C15H14BFO8. The van der Waals surface area contributed by atoms with Crippen LogP contribution in [-0.2, 0) is 23.8 Å². The number of fused-ring (bicyclic) bond motifs is 3. The molecule has 1 saturated carbocycles. The van der Waals surface area contributed by atoms with Crippen LogP contribution in [0.4, 0.5) is 4.39 Å². The van der Waals surface area contributed by atoms with Crippen LogP contribution in [0.15, 0.2) is 12.1 Å². The molecule has 25 heavy (non-hydrogen) atoms. The van der Waals surface area contributed by atoms with Gasteiger partial charge in [0, 0.05) is 12.7 Å². The van der Waals surface area contributed by atoms with Gasteiger partial charge in [0.05, 0.1) is 0 Å². The van der Waals surface area contributed by atoms with E-state index in [0.29, 0.717) is 12.0 Å². The standard InChI is InChI=1S/C15H14BFO8/c1-7(18)22-5-12(19)23-6-24-15(20)13-11(17)3-2-8-9-4-10(9)16(21)25-14(8)13/h2-3,9-10,21H,4-6H2,1H3/t9-,10-/m1/s1. The smallest absolute Gasteiger partial charge is 0.526 e. The van der Waals surface area contributed by atoms with Crippen molar-refractivity contribution < 1.29 is 42.7 Å². The zero-order valence-electron chi connectivity index (χ0n) is 13.2. The Morgan fingerprint density at radius 1 is 1.32 bits per heavy atom. The van der Waals surface area contributed by atoms with E-state index in [1.54, 1.807) is 0 Å². The fourth-order valence-electron chi connectivity index (χ4n) is 2.70. The maximum Gasteiger partial charge on any atom is 0.526 e. The molecule has 0 aromatic heterocycles. The zero-order chi connectivity index (χ0) is 18.1. The molecule has 1 N–H and O–H groups in total. The molecule has 1 heterocycles. The minimum atomic E-state index is -1.10. The van der Waals surface area contributed by atoms with E-state index < -0.39 is 49.8 Å². The summed E-state index contributed by atoms with van der Waals surface area (Å²) in [6.45, 7) is -0.287. The number of carbonyl (C=O) groups is 3. The van der Waals surface area contributed by atoms with Crippen molar-refractivity contribution in [1.82, 2.24) is 0 Å². The van der Waals surface area contributed by atoms with Crippen LogP contribution in [0.3, 0.4) is 0 Å². The van der Waals surface area contributed by atoms with Gasteiger partial charge in [-0.3, -0.25) is 4.79 Å². The summed E-state index contributed by atoms with van der Waals surface area (Å²) in [5.41, 5.74) is 0.174. The maximum absolute atomic E-state index is 14.1. The van der Waals surface area contributed by atoms with Gasteiger partial charge in [0.15, 0.2) is 6.61 Å². The van der Waals surface area contributed by atoms with E-state index in [-0.39, 0.29) is 17.5 Å². The lowest BCUT2D eigenvalue weighted by Crippen LogP contribution is -2.28. The quantitative estimate of drug-likeness (QED) is 0.470. The number of hydrogen-bond acceptors (Lipinski definition) is 8. The minimum Gasteiger partial charge on any atom is -0.535 e. The Bertz CT molecular complexity index is 736. The van der Waals surface area contributed by atoms with Gasteiger partial charge in [0.25, 0.3) is 0 Å². The minimum absolute atomic E-state index is 0.0208. The first-order valence-corrected chi connectivity index (χ1v) is 7.51. The van der Waals surface area contributed by atoms with E-state index in [2.05, 4.69) is 9.47 Å². The molecule has 2 atom stereocenters. The van der Waals surface area contributed by atoms with Gasteiger partial charge < -0.3 is 23.9 Å². The van der Waals surface area contributed by atoms with Crippen LogP contribution in [-0.4, -0.2) is 43.5 Å². The fraction of sp³-hybridized carbons (Fsp3) is 0.400. The summed E-state index contributed by atoms with van der Waals surface area (Å²) in [5, 5.41) is 9.81. The number of hydrogen-bond donors (Lipinski definition) is 1. The molecule has 132 valence electrons. The molecule has 8 nitrogen and oxygen atoms in total. The summed E-state index contributed by atoms with van der Waals surface area (Å²) >= 11 is 0. The molecule has 0 radical (unpaired) electrons. The summed E-state index contributed by atoms with van der Waals surface area (Å²) in [7, 11) is -1.10. The summed E-state index contributed by atoms with van der Waals surface area (Å²) in [6.07, 6.45) is 0.696. The van der Waals surface area contributed by atoms with Crippen LogP contribution in [0.25, 0.3) is 0 Å². The Kier molecular flexibility index (Phi) is 4.62. The lowest BCUT2D eigenvalue weighted by molar-refractivity contribution is -0.163. The van der Waals surface area contributed by atoms with Crippen LogP contribution < -0.4 is 4.65 Å². The van der Waals surface area contributed by atoms with Crippen LogP contribution >= 0.6 is 0 Å². The van der Waals surface area contributed by atoms with Gasteiger partial charge in [-0.1, -0.05) is 6.07 Å². The van der Waals surface area contributed by atoms with Crippen molar-refractivity contribution in [2.45, 2.75) is 25.1 Å². The molecule has 0 unspecified atom stereocenters. The zero-order valence-corrected chi connectivity index (χ0v) is 13.2. The summed E-state index contributed by atoms with van der Waals surface area (Å²) in [5.74, 6) is -3.65. The average Bonchev–Trinajstić information content (AvgIpc) is 3.34. The molecule has 1 aliphatic heterocycles. The Balaban J connectivity index is 1.64. The Morgan fingerprint density at radius 3 is 2.80 bits per heavy atom. The van der Waals surface area contributed by atoms with E-state index in [4.69, 9.17) is 9.39 Å². The molecule has 1 aromatic carbocycles. The second-order valence-corrected chi connectivity index (χ2v) is 5.70. The molecule has 1 fully saturated rings. The van der Waals surface area contributed by atoms with Crippen LogP contribution in [0.5, 0.6) is 5.75 Å². The second kappa shape index (κ2) is 6.71. The molecule has 3 rings (SSSR count). The molecule has 0 amide bonds. The van der Waals surface area contributed by atoms with Crippen molar-refractivity contribution >= 4 is 25.0 Å². The highest BCUT2D eigenvalue weighted by Gasteiger charge is 2.54. The molecule has 0 saturated heterocycles. The van der Waals surface area contributed by atoms with Gasteiger partial charge >= 0.3 is 25.0 Å². The molecule has 1 aliphatic carbocycles. The maximum atomic E-state index is 14.1. The van der Waals surface area contributed by atoms with Crippen LogP contribution in [0.1, 0.15) is 35.2 Å². The monoisotopic (exact) mass is 352 g/mol. The Morgan fingerprint density at radius 2 is 2.08 bits per heavy atom. The topological polar surface area (TPSA) is 108 Å². The van der Waals surface area contributed by atoms with E-state index in [1.165, 1.54) is 6.07 Å². The summed E-state index contributed by atoms with van der Waals surface area (Å²) in [4.78, 5) is 33.9. The van der Waals surface area contributed by atoms with Crippen LogP contribution in [0, 0.1) is 5.82 Å². The first-order chi connectivity index (χ1) is 11.9. The third-order valence-electron chi connectivity index (χ3n) is 3.99. The van der Waals surface area contributed by atoms with Crippen molar-refractivity contribution in [3.8, 4) is 5.75 Å². The third-order valence-corrected chi connectivity index (χ3v) is 3.99. The largest absolute Gasteiger partial charge is 0.535 e. The molecule has 1 aromatic rings. The number of esters is 3. The van der Waals surface area contributed by atoms with Gasteiger partial charge in [-0.05, 0) is 24.0 Å². The van der Waals surface area contributed by atoms with Crippen molar-refractivity contribution in [1.29, 1.82) is 0 Å². The lowest BCUT2D eigenvalue weighted by Gasteiger charge is -2.21. The highest BCUT2D eigenvalue weighted by atomic mass is 19.1. The Hall–Kier alpha value is -2.62. The van der Waals surface area contributed by atoms with Gasteiger partial charge in [-0.2, -0.15) is 0 Å². The van der Waals surface area contributed by atoms with Crippen LogP contribution in [0.2, 0.25) is 5.82 Å². The summed E-state index contributed by atoms with van der Waals surface area (Å²) in [6, 6.07) is 2.63. The van der Waals surface area contributed by atoms with E-state index in [1.807, 2.05) is 0 Å². The molecule has 2 aliphatic rings. The van der Waals surface area contributed by atoms with Crippen molar-refractivity contribution in [3.63, 3.8) is 0 Å². The van der Waals surface area contributed by atoms with E-state index >= 15 is 0 Å². The highest BCUT2D eigenvalue weighted by molar-refractivity contribution is 6.48. The van der Waals surface area contributed by atoms with Crippen molar-refractivity contribution in [3.05, 3.63) is 29.1 Å². The second-order valence-electron chi connectivity index (χ2n) is 5.70. The van der Waals surface area contributed by atoms with Crippen molar-refractivity contribution in [2.24, 2.45) is 0 Å². The Labute approximate surface area is 141 Å². The number of benzene rings is 1. The van der Waals surface area contributed by atoms with Gasteiger partial charge in [-0.15, -0.1) is 0 Å². The molecule has 10 heteroatoms. The number of rotatable bonds is 5. The first-order valence-electron chi connectivity index (χ1n) is 7.51. The lowest BCUT2D eigenvalue weighted by atomic mass is 9.77. The van der Waals surface area contributed by atoms with E-state index in [0.717, 1.165) is 13.0 Å². The van der Waals surface area contributed by atoms with Gasteiger partial charge in [0.1, 0.15) is 17.1 Å². The fourth-order valence-corrected chi connectivity index (χ4v) is 2.70. The third kappa shape index (κ3) is 3.58. The molecular weight excluding hydrogens is 338 g/mol.